The van der Waals surface area contributed by atoms with Crippen LogP contribution >= 0.6 is 23.2 Å². The summed E-state index contributed by atoms with van der Waals surface area (Å²) in [5, 5.41) is 9.36. The molecule has 1 aromatic heterocycles. The van der Waals surface area contributed by atoms with Crippen LogP contribution in [-0.4, -0.2) is 16.8 Å². The van der Waals surface area contributed by atoms with E-state index in [1.165, 1.54) is 5.69 Å². The van der Waals surface area contributed by atoms with E-state index in [-0.39, 0.29) is 6.04 Å². The molecule has 0 radical (unpaired) electrons. The highest BCUT2D eigenvalue weighted by Gasteiger charge is 2.17. The van der Waals surface area contributed by atoms with Crippen LogP contribution in [0.25, 0.3) is 0 Å². The van der Waals surface area contributed by atoms with Gasteiger partial charge in [-0.1, -0.05) is 36.2 Å². The quantitative estimate of drug-likeness (QED) is 0.859. The molecule has 0 aliphatic heterocycles. The highest BCUT2D eigenvalue weighted by atomic mass is 35.5. The van der Waals surface area contributed by atoms with Gasteiger partial charge in [-0.15, -0.1) is 0 Å². The molecule has 0 bridgehead atoms. The zero-order chi connectivity index (χ0) is 15.4. The molecule has 1 aromatic carbocycles. The number of aromatic nitrogens is 2. The Morgan fingerprint density at radius 2 is 2.00 bits per heavy atom. The van der Waals surface area contributed by atoms with Crippen LogP contribution in [0.3, 0.4) is 0 Å². The number of hydrogen-bond donors (Lipinski definition) is 1. The molecule has 0 aliphatic carbocycles. The summed E-state index contributed by atoms with van der Waals surface area (Å²) in [6.45, 7) is 5.09. The summed E-state index contributed by atoms with van der Waals surface area (Å²) in [4.78, 5) is 0. The molecule has 1 unspecified atom stereocenters. The van der Waals surface area contributed by atoms with Gasteiger partial charge in [0.05, 0.1) is 17.4 Å². The van der Waals surface area contributed by atoms with Crippen molar-refractivity contribution in [2.45, 2.75) is 39.3 Å². The first kappa shape index (κ1) is 16.3. The molecular weight excluding hydrogens is 305 g/mol. The summed E-state index contributed by atoms with van der Waals surface area (Å²) in [5.74, 6) is 0. The van der Waals surface area contributed by atoms with Crippen LogP contribution in [0.2, 0.25) is 10.0 Å². The van der Waals surface area contributed by atoms with Gasteiger partial charge in [-0.3, -0.25) is 4.68 Å². The van der Waals surface area contributed by atoms with E-state index in [0.717, 1.165) is 30.6 Å². The molecule has 1 N–H and O–H groups in total. The molecule has 1 heterocycles. The predicted molar refractivity (Wildman–Crippen MR) is 89.2 cm³/mol. The minimum Gasteiger partial charge on any atom is -0.311 e. The first-order valence-corrected chi connectivity index (χ1v) is 8.02. The fourth-order valence-electron chi connectivity index (χ4n) is 2.46. The fourth-order valence-corrected chi connectivity index (χ4v) is 2.94. The number of hydrogen-bond acceptors (Lipinski definition) is 2. The highest BCUT2D eigenvalue weighted by Crippen LogP contribution is 2.26. The molecule has 0 saturated carbocycles. The van der Waals surface area contributed by atoms with Crippen molar-refractivity contribution in [3.05, 3.63) is 51.3 Å². The topological polar surface area (TPSA) is 29.9 Å². The molecule has 0 aliphatic rings. The molecule has 2 aromatic rings. The second-order valence-electron chi connectivity index (χ2n) is 5.01. The third-order valence-electron chi connectivity index (χ3n) is 3.67. The third-order valence-corrected chi connectivity index (χ3v) is 4.26. The zero-order valence-corrected chi connectivity index (χ0v) is 14.2. The average Bonchev–Trinajstić information content (AvgIpc) is 2.90. The molecule has 0 fully saturated rings. The van der Waals surface area contributed by atoms with Crippen molar-refractivity contribution in [3.63, 3.8) is 0 Å². The molecule has 0 saturated heterocycles. The Kier molecular flexibility index (Phi) is 5.68. The maximum atomic E-state index is 6.29. The highest BCUT2D eigenvalue weighted by molar-refractivity contribution is 6.35. The van der Waals surface area contributed by atoms with Crippen LogP contribution in [0.1, 0.15) is 36.8 Å². The summed E-state index contributed by atoms with van der Waals surface area (Å²) in [6.07, 6.45) is 1.75. The first-order chi connectivity index (χ1) is 10.1. The lowest BCUT2D eigenvalue weighted by Crippen LogP contribution is -2.22. The number of aryl methyl sites for hydroxylation is 2. The Morgan fingerprint density at radius 1 is 1.24 bits per heavy atom. The normalized spacial score (nSPS) is 12.6. The summed E-state index contributed by atoms with van der Waals surface area (Å²) < 4.78 is 2.06. The van der Waals surface area contributed by atoms with Gasteiger partial charge in [-0.25, -0.2) is 0 Å². The van der Waals surface area contributed by atoms with Crippen LogP contribution in [0, 0.1) is 0 Å². The minimum absolute atomic E-state index is 0.177. The van der Waals surface area contributed by atoms with Crippen molar-refractivity contribution < 1.29 is 0 Å². The van der Waals surface area contributed by atoms with E-state index in [4.69, 9.17) is 23.2 Å². The summed E-state index contributed by atoms with van der Waals surface area (Å²) in [6, 6.07) is 8.01. The Hall–Kier alpha value is -1.03. The molecule has 1 atom stereocenters. The monoisotopic (exact) mass is 325 g/mol. The second-order valence-corrected chi connectivity index (χ2v) is 5.85. The number of likely N-dealkylation sites (N-methyl/N-ethyl adjacent to an activating group) is 1. The number of benzene rings is 1. The molecule has 0 amide bonds. The van der Waals surface area contributed by atoms with Gasteiger partial charge in [0.15, 0.2) is 0 Å². The standard InChI is InChI=1S/C16H21Cl2N3/c1-4-13-10-16(21(5-2)20-13)15(19-3)8-11-6-7-12(17)9-14(11)18/h6-7,9-10,15,19H,4-5,8H2,1-3H3. The van der Waals surface area contributed by atoms with E-state index in [1.807, 2.05) is 19.2 Å². The number of nitrogens with one attached hydrogen (secondary N) is 1. The molecule has 0 spiro atoms. The van der Waals surface area contributed by atoms with E-state index in [1.54, 1.807) is 6.07 Å². The number of nitrogens with zero attached hydrogens (tertiary/aromatic N) is 2. The number of rotatable bonds is 6. The van der Waals surface area contributed by atoms with Crippen LogP contribution in [0.15, 0.2) is 24.3 Å². The van der Waals surface area contributed by atoms with Crippen LogP contribution in [0.4, 0.5) is 0 Å². The van der Waals surface area contributed by atoms with Crippen molar-refractivity contribution in [2.75, 3.05) is 7.05 Å². The maximum Gasteiger partial charge on any atom is 0.0625 e. The molecule has 3 nitrogen and oxygen atoms in total. The molecule has 114 valence electrons. The second kappa shape index (κ2) is 7.30. The third kappa shape index (κ3) is 3.79. The van der Waals surface area contributed by atoms with Crippen molar-refractivity contribution in [1.82, 2.24) is 15.1 Å². The molecule has 5 heteroatoms. The molecular formula is C16H21Cl2N3. The van der Waals surface area contributed by atoms with E-state index in [9.17, 15) is 0 Å². The van der Waals surface area contributed by atoms with E-state index >= 15 is 0 Å². The van der Waals surface area contributed by atoms with Gasteiger partial charge in [0.25, 0.3) is 0 Å². The van der Waals surface area contributed by atoms with Crippen LogP contribution in [-0.2, 0) is 19.4 Å². The van der Waals surface area contributed by atoms with Gasteiger partial charge >= 0.3 is 0 Å². The lowest BCUT2D eigenvalue weighted by Gasteiger charge is -2.18. The Morgan fingerprint density at radius 3 is 2.57 bits per heavy atom. The van der Waals surface area contributed by atoms with Gasteiger partial charge in [-0.05, 0) is 50.6 Å². The van der Waals surface area contributed by atoms with Crippen LogP contribution in [0.5, 0.6) is 0 Å². The van der Waals surface area contributed by atoms with Gasteiger partial charge in [0.2, 0.25) is 0 Å². The lowest BCUT2D eigenvalue weighted by atomic mass is 10.0. The van der Waals surface area contributed by atoms with Crippen molar-refractivity contribution in [3.8, 4) is 0 Å². The van der Waals surface area contributed by atoms with Gasteiger partial charge in [-0.2, -0.15) is 5.10 Å². The Labute approximate surface area is 136 Å². The SMILES string of the molecule is CCc1cc(C(Cc2ccc(Cl)cc2Cl)NC)n(CC)n1. The van der Waals surface area contributed by atoms with Gasteiger partial charge < -0.3 is 5.32 Å². The minimum atomic E-state index is 0.177. The lowest BCUT2D eigenvalue weighted by molar-refractivity contribution is 0.512. The van der Waals surface area contributed by atoms with Crippen LogP contribution < -0.4 is 5.32 Å². The Balaban J connectivity index is 2.29. The largest absolute Gasteiger partial charge is 0.311 e. The van der Waals surface area contributed by atoms with E-state index in [0.29, 0.717) is 10.0 Å². The molecule has 2 rings (SSSR count). The van der Waals surface area contributed by atoms with E-state index < -0.39 is 0 Å². The van der Waals surface area contributed by atoms with Crippen molar-refractivity contribution in [2.24, 2.45) is 0 Å². The average molecular weight is 326 g/mol. The predicted octanol–water partition coefficient (Wildman–Crippen LogP) is 4.28. The Bertz CT molecular complexity index is 608. The summed E-state index contributed by atoms with van der Waals surface area (Å²) in [5.41, 5.74) is 3.40. The fraction of sp³-hybridized carbons (Fsp3) is 0.438. The number of halogens is 2. The zero-order valence-electron chi connectivity index (χ0n) is 12.7. The van der Waals surface area contributed by atoms with Crippen molar-refractivity contribution >= 4 is 23.2 Å². The summed E-state index contributed by atoms with van der Waals surface area (Å²) in [7, 11) is 1.97. The van der Waals surface area contributed by atoms with E-state index in [2.05, 4.69) is 35.0 Å². The van der Waals surface area contributed by atoms with Gasteiger partial charge in [0, 0.05) is 16.6 Å². The smallest absolute Gasteiger partial charge is 0.0625 e. The maximum absolute atomic E-state index is 6.29. The molecule has 21 heavy (non-hydrogen) atoms. The summed E-state index contributed by atoms with van der Waals surface area (Å²) >= 11 is 12.2. The van der Waals surface area contributed by atoms with Gasteiger partial charge in [0.1, 0.15) is 0 Å². The first-order valence-electron chi connectivity index (χ1n) is 7.26. The van der Waals surface area contributed by atoms with Crippen molar-refractivity contribution in [1.29, 1.82) is 0 Å².